The highest BCUT2D eigenvalue weighted by molar-refractivity contribution is 9.10. The van der Waals surface area contributed by atoms with Gasteiger partial charge in [0.1, 0.15) is 5.82 Å². The van der Waals surface area contributed by atoms with E-state index in [-0.39, 0.29) is 24.2 Å². The fraction of sp³-hybridized carbons (Fsp3) is 0.207. The second-order valence-electron chi connectivity index (χ2n) is 8.49. The van der Waals surface area contributed by atoms with Crippen LogP contribution in [0.3, 0.4) is 0 Å². The van der Waals surface area contributed by atoms with Crippen molar-refractivity contribution in [1.82, 2.24) is 4.90 Å². The summed E-state index contributed by atoms with van der Waals surface area (Å²) in [5.74, 6) is 0.00425. The molecule has 0 aliphatic carbocycles. The highest BCUT2D eigenvalue weighted by Crippen LogP contribution is 2.39. The van der Waals surface area contributed by atoms with Crippen LogP contribution in [0, 0.1) is 12.7 Å². The molecule has 0 bridgehead atoms. The number of thioether (sulfide) groups is 1. The van der Waals surface area contributed by atoms with Crippen molar-refractivity contribution in [2.45, 2.75) is 20.8 Å². The molecule has 39 heavy (non-hydrogen) atoms. The number of amidine groups is 1. The van der Waals surface area contributed by atoms with Crippen LogP contribution in [0.2, 0.25) is 0 Å². The summed E-state index contributed by atoms with van der Waals surface area (Å²) in [7, 11) is 0. The Kier molecular flexibility index (Phi) is 9.42. The lowest BCUT2D eigenvalue weighted by molar-refractivity contribution is -0.122. The van der Waals surface area contributed by atoms with E-state index in [1.807, 2.05) is 45.0 Å². The number of hydrogen-bond donors (Lipinski definition) is 1. The zero-order valence-electron chi connectivity index (χ0n) is 21.7. The number of rotatable bonds is 9. The zero-order chi connectivity index (χ0) is 27.9. The number of hydrogen-bond acceptors (Lipinski definition) is 6. The van der Waals surface area contributed by atoms with Crippen LogP contribution in [0.15, 0.2) is 75.0 Å². The number of halogens is 2. The van der Waals surface area contributed by atoms with Crippen LogP contribution in [0.5, 0.6) is 11.5 Å². The molecule has 7 nitrogen and oxygen atoms in total. The molecule has 1 aliphatic rings. The number of carbonyl (C=O) groups is 2. The van der Waals surface area contributed by atoms with Gasteiger partial charge in [0.05, 0.1) is 17.2 Å². The minimum absolute atomic E-state index is 0.179. The van der Waals surface area contributed by atoms with E-state index in [0.29, 0.717) is 56.1 Å². The quantitative estimate of drug-likeness (QED) is 0.265. The van der Waals surface area contributed by atoms with Gasteiger partial charge in [-0.05, 0) is 92.7 Å². The van der Waals surface area contributed by atoms with E-state index in [1.54, 1.807) is 35.2 Å². The molecule has 1 N–H and O–H groups in total. The van der Waals surface area contributed by atoms with Crippen molar-refractivity contribution in [2.24, 2.45) is 4.99 Å². The molecule has 1 aliphatic heterocycles. The molecule has 0 aromatic heterocycles. The second kappa shape index (κ2) is 12.9. The van der Waals surface area contributed by atoms with Crippen molar-refractivity contribution in [3.05, 3.63) is 87.0 Å². The van der Waals surface area contributed by atoms with Gasteiger partial charge in [-0.3, -0.25) is 14.5 Å². The number of ether oxygens (including phenoxy) is 2. The van der Waals surface area contributed by atoms with E-state index >= 15 is 0 Å². The van der Waals surface area contributed by atoms with Crippen LogP contribution < -0.4 is 14.8 Å². The van der Waals surface area contributed by atoms with Gasteiger partial charge in [0, 0.05) is 16.7 Å². The van der Waals surface area contributed by atoms with Crippen LogP contribution >= 0.6 is 27.7 Å². The first-order valence-electron chi connectivity index (χ1n) is 12.3. The number of nitrogens with zero attached hydrogens (tertiary/aromatic N) is 2. The van der Waals surface area contributed by atoms with Gasteiger partial charge in [-0.15, -0.1) is 0 Å². The smallest absolute Gasteiger partial charge is 0.266 e. The van der Waals surface area contributed by atoms with Crippen molar-refractivity contribution in [1.29, 1.82) is 0 Å². The third kappa shape index (κ3) is 7.27. The minimum atomic E-state index is -0.351. The van der Waals surface area contributed by atoms with Crippen molar-refractivity contribution < 1.29 is 23.5 Å². The van der Waals surface area contributed by atoms with Gasteiger partial charge >= 0.3 is 0 Å². The molecule has 0 atom stereocenters. The predicted molar refractivity (Wildman–Crippen MR) is 157 cm³/mol. The molecule has 0 saturated carbocycles. The highest BCUT2D eigenvalue weighted by Gasteiger charge is 2.32. The molecule has 202 valence electrons. The molecule has 0 spiro atoms. The van der Waals surface area contributed by atoms with Crippen LogP contribution in [-0.4, -0.2) is 41.6 Å². The molecule has 1 saturated heterocycles. The predicted octanol–water partition coefficient (Wildman–Crippen LogP) is 6.94. The number of nitrogens with one attached hydrogen (secondary N) is 1. The third-order valence-electron chi connectivity index (χ3n) is 5.60. The number of carbonyl (C=O) groups excluding carboxylic acids is 2. The Morgan fingerprint density at radius 3 is 2.44 bits per heavy atom. The van der Waals surface area contributed by atoms with Gasteiger partial charge in [0.15, 0.2) is 23.3 Å². The van der Waals surface area contributed by atoms with E-state index in [2.05, 4.69) is 26.2 Å². The average molecular weight is 613 g/mol. The number of anilines is 1. The van der Waals surface area contributed by atoms with Crippen LogP contribution in [0.4, 0.5) is 15.8 Å². The fourth-order valence-corrected chi connectivity index (χ4v) is 5.15. The SMILES string of the molecule is CCOc1cc(/C=C2/SC(=Nc3ccc(F)cc3)N(CC)C2=O)c(Br)cc1OCC(=O)Nc1ccc(C)cc1. The highest BCUT2D eigenvalue weighted by atomic mass is 79.9. The van der Waals surface area contributed by atoms with Gasteiger partial charge in [-0.2, -0.15) is 0 Å². The minimum Gasteiger partial charge on any atom is -0.490 e. The first-order valence-corrected chi connectivity index (χ1v) is 13.9. The Labute approximate surface area is 239 Å². The monoisotopic (exact) mass is 611 g/mol. The maximum absolute atomic E-state index is 13.3. The molecule has 0 unspecified atom stereocenters. The Hall–Kier alpha value is -3.63. The normalized spacial score (nSPS) is 15.2. The lowest BCUT2D eigenvalue weighted by Crippen LogP contribution is -2.28. The molecule has 3 aromatic carbocycles. The second-order valence-corrected chi connectivity index (χ2v) is 10.4. The number of amides is 2. The summed E-state index contributed by atoms with van der Waals surface area (Å²) in [6.45, 7) is 6.31. The summed E-state index contributed by atoms with van der Waals surface area (Å²) in [5.41, 5.74) is 3.04. The Morgan fingerprint density at radius 1 is 1.08 bits per heavy atom. The van der Waals surface area contributed by atoms with Crippen LogP contribution in [0.25, 0.3) is 6.08 Å². The Bertz CT molecular complexity index is 1430. The van der Waals surface area contributed by atoms with Crippen molar-refractivity contribution in [2.75, 3.05) is 25.1 Å². The summed E-state index contributed by atoms with van der Waals surface area (Å²) in [4.78, 5) is 32.1. The average Bonchev–Trinajstić information content (AvgIpc) is 3.21. The number of benzene rings is 3. The third-order valence-corrected chi connectivity index (χ3v) is 7.29. The van der Waals surface area contributed by atoms with Gasteiger partial charge in [-0.25, -0.2) is 9.38 Å². The molecular formula is C29H27BrFN3O4S. The standard InChI is InChI=1S/C29H27BrFN3O4S/c1-4-34-28(36)26(39-29(34)33-22-12-8-20(31)9-13-22)15-19-14-24(37-5-2)25(16-23(19)30)38-17-27(35)32-21-10-6-18(3)7-11-21/h6-16H,4-5,17H2,1-3H3,(H,32,35)/b26-15+,33-29?. The van der Waals surface area contributed by atoms with Crippen LogP contribution in [-0.2, 0) is 9.59 Å². The lowest BCUT2D eigenvalue weighted by atomic mass is 10.2. The first kappa shape index (κ1) is 28.4. The molecule has 1 fully saturated rings. The first-order chi connectivity index (χ1) is 18.8. The summed E-state index contributed by atoms with van der Waals surface area (Å²) >= 11 is 4.80. The molecule has 3 aromatic rings. The Morgan fingerprint density at radius 2 is 1.77 bits per heavy atom. The summed E-state index contributed by atoms with van der Waals surface area (Å²) in [6, 6.07) is 16.7. The van der Waals surface area contributed by atoms with Gasteiger partial charge in [-0.1, -0.05) is 33.6 Å². The van der Waals surface area contributed by atoms with E-state index < -0.39 is 0 Å². The largest absolute Gasteiger partial charge is 0.490 e. The van der Waals surface area contributed by atoms with E-state index in [9.17, 15) is 14.0 Å². The molecule has 4 rings (SSSR count). The topological polar surface area (TPSA) is 80.2 Å². The number of likely N-dealkylation sites (N-methyl/N-ethyl adjacent to an activating group) is 1. The molecule has 10 heteroatoms. The summed E-state index contributed by atoms with van der Waals surface area (Å²) in [5, 5.41) is 3.32. The molecule has 2 amide bonds. The lowest BCUT2D eigenvalue weighted by Gasteiger charge is -2.14. The van der Waals surface area contributed by atoms with Gasteiger partial charge in [0.25, 0.3) is 11.8 Å². The van der Waals surface area contributed by atoms with E-state index in [4.69, 9.17) is 9.47 Å². The van der Waals surface area contributed by atoms with Gasteiger partial charge < -0.3 is 14.8 Å². The molecular weight excluding hydrogens is 585 g/mol. The van der Waals surface area contributed by atoms with Crippen LogP contribution in [0.1, 0.15) is 25.0 Å². The van der Waals surface area contributed by atoms with Gasteiger partial charge in [0.2, 0.25) is 0 Å². The van der Waals surface area contributed by atoms with E-state index in [1.165, 1.54) is 23.9 Å². The van der Waals surface area contributed by atoms with Crippen molar-refractivity contribution in [3.63, 3.8) is 0 Å². The zero-order valence-corrected chi connectivity index (χ0v) is 24.1. The van der Waals surface area contributed by atoms with E-state index in [0.717, 1.165) is 5.56 Å². The van der Waals surface area contributed by atoms with Crippen molar-refractivity contribution in [3.8, 4) is 11.5 Å². The maximum atomic E-state index is 13.3. The molecule has 1 heterocycles. The Balaban J connectivity index is 1.53. The fourth-order valence-electron chi connectivity index (χ4n) is 3.66. The van der Waals surface area contributed by atoms with Crippen molar-refractivity contribution >= 4 is 62.1 Å². The summed E-state index contributed by atoms with van der Waals surface area (Å²) < 4.78 is 25.5. The number of aryl methyl sites for hydroxylation is 1. The number of aliphatic imine (C=N–C) groups is 1. The maximum Gasteiger partial charge on any atom is 0.266 e. The summed E-state index contributed by atoms with van der Waals surface area (Å²) in [6.07, 6.45) is 1.75. The molecule has 0 radical (unpaired) electrons.